The summed E-state index contributed by atoms with van der Waals surface area (Å²) in [6, 6.07) is 9.28. The van der Waals surface area contributed by atoms with Gasteiger partial charge in [-0.25, -0.2) is 8.42 Å². The highest BCUT2D eigenvalue weighted by molar-refractivity contribution is 7.89. The Balaban J connectivity index is 1.65. The lowest BCUT2D eigenvalue weighted by Gasteiger charge is -2.33. The summed E-state index contributed by atoms with van der Waals surface area (Å²) >= 11 is 0. The lowest BCUT2D eigenvalue weighted by Crippen LogP contribution is -2.48. The minimum atomic E-state index is -3.41. The van der Waals surface area contributed by atoms with E-state index in [-0.39, 0.29) is 0 Å². The molecule has 1 aromatic carbocycles. The van der Waals surface area contributed by atoms with Gasteiger partial charge in [-0.1, -0.05) is 6.07 Å². The fourth-order valence-corrected chi connectivity index (χ4v) is 4.45. The molecule has 1 aromatic heterocycles. The largest absolute Gasteiger partial charge is 0.465 e. The summed E-state index contributed by atoms with van der Waals surface area (Å²) in [6.45, 7) is 9.03. The molecule has 0 unspecified atom stereocenters. The molecule has 2 aromatic rings. The molecule has 1 aliphatic heterocycles. The van der Waals surface area contributed by atoms with E-state index in [2.05, 4.69) is 4.90 Å². The van der Waals surface area contributed by atoms with Crippen molar-refractivity contribution in [2.75, 3.05) is 26.2 Å². The standard InChI is InChI=1S/C18H24N2O3S/c1-14-4-7-18(12-15(14)2)24(21,22)20-10-8-19(9-11-20)13-17-6-5-16(3)23-17/h4-7,12H,8-11,13H2,1-3H3. The monoisotopic (exact) mass is 348 g/mol. The van der Waals surface area contributed by atoms with Gasteiger partial charge in [-0.3, -0.25) is 4.90 Å². The molecule has 1 saturated heterocycles. The van der Waals surface area contributed by atoms with E-state index in [0.29, 0.717) is 31.1 Å². The van der Waals surface area contributed by atoms with Crippen molar-refractivity contribution < 1.29 is 12.8 Å². The molecule has 0 aliphatic carbocycles. The fourth-order valence-electron chi connectivity index (χ4n) is 2.94. The Hall–Kier alpha value is -1.63. The summed E-state index contributed by atoms with van der Waals surface area (Å²) in [5.41, 5.74) is 2.11. The van der Waals surface area contributed by atoms with Crippen LogP contribution in [0.1, 0.15) is 22.6 Å². The Morgan fingerprint density at radius 2 is 1.67 bits per heavy atom. The summed E-state index contributed by atoms with van der Waals surface area (Å²) < 4.78 is 32.8. The Kier molecular flexibility index (Phi) is 4.80. The fraction of sp³-hybridized carbons (Fsp3) is 0.444. The van der Waals surface area contributed by atoms with Crippen LogP contribution in [-0.2, 0) is 16.6 Å². The third-order valence-corrected chi connectivity index (χ3v) is 6.52. The first-order chi connectivity index (χ1) is 11.4. The average Bonchev–Trinajstić information content (AvgIpc) is 2.95. The molecule has 1 aliphatic rings. The Morgan fingerprint density at radius 3 is 2.25 bits per heavy atom. The smallest absolute Gasteiger partial charge is 0.243 e. The molecule has 0 saturated carbocycles. The maximum atomic E-state index is 12.8. The van der Waals surface area contributed by atoms with Crippen molar-refractivity contribution in [1.82, 2.24) is 9.21 Å². The second-order valence-electron chi connectivity index (χ2n) is 6.44. The van der Waals surface area contributed by atoms with Gasteiger partial charge in [-0.05, 0) is 56.2 Å². The number of nitrogens with zero attached hydrogens (tertiary/aromatic N) is 2. The molecule has 1 fully saturated rings. The summed E-state index contributed by atoms with van der Waals surface area (Å²) in [5, 5.41) is 0. The zero-order valence-corrected chi connectivity index (χ0v) is 15.3. The number of furan rings is 1. The average molecular weight is 348 g/mol. The van der Waals surface area contributed by atoms with Crippen molar-refractivity contribution in [2.24, 2.45) is 0 Å². The maximum absolute atomic E-state index is 12.8. The molecular formula is C18H24N2O3S. The van der Waals surface area contributed by atoms with Crippen LogP contribution in [0, 0.1) is 20.8 Å². The number of hydrogen-bond donors (Lipinski definition) is 0. The minimum Gasteiger partial charge on any atom is -0.465 e. The van der Waals surface area contributed by atoms with Crippen LogP contribution in [0.3, 0.4) is 0 Å². The van der Waals surface area contributed by atoms with Crippen LogP contribution in [0.25, 0.3) is 0 Å². The summed E-state index contributed by atoms with van der Waals surface area (Å²) in [6.07, 6.45) is 0. The molecule has 0 spiro atoms. The van der Waals surface area contributed by atoms with E-state index in [1.54, 1.807) is 16.4 Å². The van der Waals surface area contributed by atoms with Gasteiger partial charge in [0.25, 0.3) is 0 Å². The highest BCUT2D eigenvalue weighted by Crippen LogP contribution is 2.21. The van der Waals surface area contributed by atoms with Gasteiger partial charge < -0.3 is 4.42 Å². The highest BCUT2D eigenvalue weighted by atomic mass is 32.2. The molecule has 0 atom stereocenters. The van der Waals surface area contributed by atoms with Crippen molar-refractivity contribution in [3.05, 3.63) is 53.0 Å². The van der Waals surface area contributed by atoms with Crippen LogP contribution in [0.4, 0.5) is 0 Å². The summed E-state index contributed by atoms with van der Waals surface area (Å²) in [4.78, 5) is 2.62. The van der Waals surface area contributed by atoms with E-state index < -0.39 is 10.0 Å². The third kappa shape index (κ3) is 3.55. The summed E-state index contributed by atoms with van der Waals surface area (Å²) in [5.74, 6) is 1.83. The van der Waals surface area contributed by atoms with Gasteiger partial charge in [0.15, 0.2) is 0 Å². The van der Waals surface area contributed by atoms with E-state index in [9.17, 15) is 8.42 Å². The van der Waals surface area contributed by atoms with Gasteiger partial charge in [0.1, 0.15) is 11.5 Å². The second kappa shape index (κ2) is 6.70. The van der Waals surface area contributed by atoms with Gasteiger partial charge in [-0.15, -0.1) is 0 Å². The van der Waals surface area contributed by atoms with Gasteiger partial charge in [0, 0.05) is 26.2 Å². The predicted molar refractivity (Wildman–Crippen MR) is 93.4 cm³/mol. The van der Waals surface area contributed by atoms with Crippen molar-refractivity contribution in [3.8, 4) is 0 Å². The molecule has 2 heterocycles. The van der Waals surface area contributed by atoms with E-state index in [4.69, 9.17) is 4.42 Å². The molecule has 0 radical (unpaired) electrons. The van der Waals surface area contributed by atoms with Crippen molar-refractivity contribution in [3.63, 3.8) is 0 Å². The van der Waals surface area contributed by atoms with Crippen LogP contribution in [-0.4, -0.2) is 43.8 Å². The van der Waals surface area contributed by atoms with Gasteiger partial charge in [0.2, 0.25) is 10.0 Å². The van der Waals surface area contributed by atoms with Crippen molar-refractivity contribution >= 4 is 10.0 Å². The molecule has 0 N–H and O–H groups in total. The number of piperazine rings is 1. The molecule has 6 heteroatoms. The quantitative estimate of drug-likeness (QED) is 0.852. The number of hydrogen-bond acceptors (Lipinski definition) is 4. The lowest BCUT2D eigenvalue weighted by atomic mass is 10.1. The van der Waals surface area contributed by atoms with Crippen LogP contribution < -0.4 is 0 Å². The third-order valence-electron chi connectivity index (χ3n) is 4.62. The Labute approximate surface area is 143 Å². The Morgan fingerprint density at radius 1 is 0.958 bits per heavy atom. The second-order valence-corrected chi connectivity index (χ2v) is 8.38. The number of rotatable bonds is 4. The van der Waals surface area contributed by atoms with Gasteiger partial charge in [-0.2, -0.15) is 4.31 Å². The molecule has 0 bridgehead atoms. The summed E-state index contributed by atoms with van der Waals surface area (Å²) in [7, 11) is -3.41. The van der Waals surface area contributed by atoms with Crippen molar-refractivity contribution in [1.29, 1.82) is 0 Å². The van der Waals surface area contributed by atoms with E-state index in [0.717, 1.165) is 29.2 Å². The SMILES string of the molecule is Cc1ccc(CN2CCN(S(=O)(=O)c3ccc(C)c(C)c3)CC2)o1. The lowest BCUT2D eigenvalue weighted by molar-refractivity contribution is 0.170. The first-order valence-electron chi connectivity index (χ1n) is 8.21. The van der Waals surface area contributed by atoms with E-state index >= 15 is 0 Å². The normalized spacial score (nSPS) is 17.3. The molecule has 3 rings (SSSR count). The van der Waals surface area contributed by atoms with E-state index in [1.807, 2.05) is 39.0 Å². The number of aryl methyl sites for hydroxylation is 3. The highest BCUT2D eigenvalue weighted by Gasteiger charge is 2.28. The van der Waals surface area contributed by atoms with Crippen LogP contribution in [0.15, 0.2) is 39.6 Å². The molecule has 130 valence electrons. The number of benzene rings is 1. The van der Waals surface area contributed by atoms with Gasteiger partial charge >= 0.3 is 0 Å². The molecular weight excluding hydrogens is 324 g/mol. The van der Waals surface area contributed by atoms with Crippen LogP contribution >= 0.6 is 0 Å². The van der Waals surface area contributed by atoms with Crippen molar-refractivity contribution in [2.45, 2.75) is 32.2 Å². The Bertz CT molecular complexity index is 819. The predicted octanol–water partition coefficient (Wildman–Crippen LogP) is 2.71. The minimum absolute atomic E-state index is 0.390. The molecule has 0 amide bonds. The van der Waals surface area contributed by atoms with E-state index in [1.165, 1.54) is 0 Å². The first-order valence-corrected chi connectivity index (χ1v) is 9.65. The molecule has 5 nitrogen and oxygen atoms in total. The first kappa shape index (κ1) is 17.2. The van der Waals surface area contributed by atoms with Crippen LogP contribution in [0.2, 0.25) is 0 Å². The maximum Gasteiger partial charge on any atom is 0.243 e. The van der Waals surface area contributed by atoms with Gasteiger partial charge in [0.05, 0.1) is 11.4 Å². The zero-order chi connectivity index (χ0) is 17.3. The molecule has 24 heavy (non-hydrogen) atoms. The zero-order valence-electron chi connectivity index (χ0n) is 14.4. The topological polar surface area (TPSA) is 53.8 Å². The van der Waals surface area contributed by atoms with Crippen LogP contribution in [0.5, 0.6) is 0 Å². The number of sulfonamides is 1.